The van der Waals surface area contributed by atoms with E-state index in [1.165, 1.54) is 12.8 Å². The summed E-state index contributed by atoms with van der Waals surface area (Å²) in [7, 11) is 0. The minimum absolute atomic E-state index is 0.205. The van der Waals surface area contributed by atoms with Gasteiger partial charge in [0.15, 0.2) is 0 Å². The van der Waals surface area contributed by atoms with Crippen LogP contribution in [0.2, 0.25) is 0 Å². The third-order valence-corrected chi connectivity index (χ3v) is 3.59. The number of hydrogen-bond donors (Lipinski definition) is 3. The molecule has 1 aliphatic carbocycles. The molecule has 1 rings (SSSR count). The second-order valence-electron chi connectivity index (χ2n) is 5.70. The van der Waals surface area contributed by atoms with Gasteiger partial charge in [0.2, 0.25) is 0 Å². The predicted octanol–water partition coefficient (Wildman–Crippen LogP) is 1.93. The maximum Gasteiger partial charge on any atom is 0.144 e. The molecule has 0 amide bonds. The smallest absolute Gasteiger partial charge is 0.144 e. The van der Waals surface area contributed by atoms with Gasteiger partial charge in [0.1, 0.15) is 5.84 Å². The Morgan fingerprint density at radius 3 is 2.62 bits per heavy atom. The molecule has 0 heterocycles. The molecule has 0 spiro atoms. The molecule has 0 saturated heterocycles. The lowest BCUT2D eigenvalue weighted by molar-refractivity contribution is 0.238. The van der Waals surface area contributed by atoms with Crippen molar-refractivity contribution >= 4 is 5.84 Å². The average molecular weight is 227 g/mol. The maximum absolute atomic E-state index is 8.64. The first-order valence-electron chi connectivity index (χ1n) is 6.17. The van der Waals surface area contributed by atoms with Crippen LogP contribution in [-0.2, 0) is 0 Å². The molecule has 1 aliphatic rings. The van der Waals surface area contributed by atoms with Crippen LogP contribution in [0.25, 0.3) is 0 Å². The van der Waals surface area contributed by atoms with Gasteiger partial charge in [-0.15, -0.1) is 0 Å². The predicted molar refractivity (Wildman–Crippen MR) is 66.6 cm³/mol. The summed E-state index contributed by atoms with van der Waals surface area (Å²) >= 11 is 0. The first-order chi connectivity index (χ1) is 7.45. The molecular formula is C12H25N3O. The maximum atomic E-state index is 8.64. The zero-order chi connectivity index (χ0) is 12.2. The van der Waals surface area contributed by atoms with Crippen LogP contribution < -0.4 is 11.1 Å². The normalized spacial score (nSPS) is 26.6. The third kappa shape index (κ3) is 3.67. The molecule has 16 heavy (non-hydrogen) atoms. The molecule has 1 saturated carbocycles. The summed E-state index contributed by atoms with van der Waals surface area (Å²) in [5.74, 6) is 1.22. The SMILES string of the molecule is CC1CC(NCCCC(C)(C)C(N)=NO)C1. The lowest BCUT2D eigenvalue weighted by Crippen LogP contribution is -2.41. The Bertz CT molecular complexity index is 245. The second kappa shape index (κ2) is 5.53. The Morgan fingerprint density at radius 1 is 1.50 bits per heavy atom. The fourth-order valence-electron chi connectivity index (χ4n) is 2.17. The van der Waals surface area contributed by atoms with Crippen molar-refractivity contribution in [3.63, 3.8) is 0 Å². The summed E-state index contributed by atoms with van der Waals surface area (Å²) in [5.41, 5.74) is 5.42. The van der Waals surface area contributed by atoms with E-state index in [0.29, 0.717) is 5.84 Å². The molecule has 4 heteroatoms. The zero-order valence-corrected chi connectivity index (χ0v) is 10.7. The Labute approximate surface area is 98.3 Å². The molecule has 0 aliphatic heterocycles. The summed E-state index contributed by atoms with van der Waals surface area (Å²) in [6, 6.07) is 0.724. The standard InChI is InChI=1S/C12H25N3O/c1-9-7-10(8-9)14-6-4-5-12(2,3)11(13)15-16/h9-10,14,16H,4-8H2,1-3H3,(H2,13,15). The summed E-state index contributed by atoms with van der Waals surface area (Å²) in [4.78, 5) is 0. The van der Waals surface area contributed by atoms with Crippen molar-refractivity contribution < 1.29 is 5.21 Å². The Hall–Kier alpha value is -0.770. The van der Waals surface area contributed by atoms with Crippen molar-refractivity contribution in [2.45, 2.75) is 52.5 Å². The number of amidine groups is 1. The Morgan fingerprint density at radius 2 is 2.12 bits per heavy atom. The number of nitrogens with one attached hydrogen (secondary N) is 1. The average Bonchev–Trinajstić information content (AvgIpc) is 2.19. The lowest BCUT2D eigenvalue weighted by Gasteiger charge is -2.33. The van der Waals surface area contributed by atoms with E-state index >= 15 is 0 Å². The van der Waals surface area contributed by atoms with Crippen LogP contribution in [0.15, 0.2) is 5.16 Å². The van der Waals surface area contributed by atoms with Crippen molar-refractivity contribution in [1.29, 1.82) is 0 Å². The molecule has 0 bridgehead atoms. The fraction of sp³-hybridized carbons (Fsp3) is 0.917. The number of hydrogen-bond acceptors (Lipinski definition) is 3. The minimum Gasteiger partial charge on any atom is -0.409 e. The van der Waals surface area contributed by atoms with Gasteiger partial charge in [0, 0.05) is 11.5 Å². The van der Waals surface area contributed by atoms with Crippen LogP contribution in [0, 0.1) is 11.3 Å². The second-order valence-corrected chi connectivity index (χ2v) is 5.70. The van der Waals surface area contributed by atoms with E-state index < -0.39 is 0 Å². The van der Waals surface area contributed by atoms with E-state index in [4.69, 9.17) is 10.9 Å². The Balaban J connectivity index is 2.10. The molecule has 94 valence electrons. The molecule has 4 N–H and O–H groups in total. The van der Waals surface area contributed by atoms with Gasteiger partial charge >= 0.3 is 0 Å². The molecule has 0 aromatic heterocycles. The molecule has 1 fully saturated rings. The van der Waals surface area contributed by atoms with E-state index in [0.717, 1.165) is 31.3 Å². The van der Waals surface area contributed by atoms with Gasteiger partial charge < -0.3 is 16.3 Å². The number of nitrogens with zero attached hydrogens (tertiary/aromatic N) is 1. The highest BCUT2D eigenvalue weighted by Crippen LogP contribution is 2.26. The molecule has 0 aromatic rings. The molecule has 4 nitrogen and oxygen atoms in total. The quantitative estimate of drug-likeness (QED) is 0.213. The van der Waals surface area contributed by atoms with Gasteiger partial charge in [-0.2, -0.15) is 0 Å². The van der Waals surface area contributed by atoms with Crippen LogP contribution >= 0.6 is 0 Å². The monoisotopic (exact) mass is 227 g/mol. The lowest BCUT2D eigenvalue weighted by atomic mass is 9.81. The summed E-state index contributed by atoms with van der Waals surface area (Å²) in [5, 5.41) is 15.3. The van der Waals surface area contributed by atoms with Crippen LogP contribution in [-0.4, -0.2) is 23.6 Å². The van der Waals surface area contributed by atoms with Crippen LogP contribution in [0.1, 0.15) is 46.5 Å². The van der Waals surface area contributed by atoms with Crippen molar-refractivity contribution in [1.82, 2.24) is 5.32 Å². The van der Waals surface area contributed by atoms with Crippen molar-refractivity contribution in [2.24, 2.45) is 22.2 Å². The van der Waals surface area contributed by atoms with E-state index in [1.54, 1.807) is 0 Å². The van der Waals surface area contributed by atoms with Crippen molar-refractivity contribution in [3.8, 4) is 0 Å². The van der Waals surface area contributed by atoms with Gasteiger partial charge in [-0.05, 0) is 38.1 Å². The van der Waals surface area contributed by atoms with Gasteiger partial charge in [-0.1, -0.05) is 25.9 Å². The van der Waals surface area contributed by atoms with Crippen LogP contribution in [0.4, 0.5) is 0 Å². The van der Waals surface area contributed by atoms with Gasteiger partial charge in [0.05, 0.1) is 0 Å². The minimum atomic E-state index is -0.205. The molecular weight excluding hydrogens is 202 g/mol. The summed E-state index contributed by atoms with van der Waals surface area (Å²) in [6.07, 6.45) is 4.62. The van der Waals surface area contributed by atoms with E-state index in [2.05, 4.69) is 17.4 Å². The largest absolute Gasteiger partial charge is 0.409 e. The van der Waals surface area contributed by atoms with Gasteiger partial charge in [-0.3, -0.25) is 0 Å². The van der Waals surface area contributed by atoms with E-state index in [1.807, 2.05) is 13.8 Å². The highest BCUT2D eigenvalue weighted by atomic mass is 16.4. The van der Waals surface area contributed by atoms with Crippen molar-refractivity contribution in [3.05, 3.63) is 0 Å². The molecule has 0 unspecified atom stereocenters. The van der Waals surface area contributed by atoms with Gasteiger partial charge in [0.25, 0.3) is 0 Å². The summed E-state index contributed by atoms with van der Waals surface area (Å²) < 4.78 is 0. The first-order valence-corrected chi connectivity index (χ1v) is 6.17. The zero-order valence-electron chi connectivity index (χ0n) is 10.7. The topological polar surface area (TPSA) is 70.6 Å². The fourth-order valence-corrected chi connectivity index (χ4v) is 2.17. The molecule has 0 aromatic carbocycles. The van der Waals surface area contributed by atoms with Gasteiger partial charge in [-0.25, -0.2) is 0 Å². The van der Waals surface area contributed by atoms with E-state index in [-0.39, 0.29) is 5.41 Å². The molecule has 0 atom stereocenters. The third-order valence-electron chi connectivity index (χ3n) is 3.59. The highest BCUT2D eigenvalue weighted by Gasteiger charge is 2.25. The number of rotatable bonds is 6. The number of oxime groups is 1. The highest BCUT2D eigenvalue weighted by molar-refractivity contribution is 5.85. The Kier molecular flexibility index (Phi) is 4.59. The van der Waals surface area contributed by atoms with Crippen LogP contribution in [0.3, 0.4) is 0 Å². The van der Waals surface area contributed by atoms with Crippen LogP contribution in [0.5, 0.6) is 0 Å². The van der Waals surface area contributed by atoms with Crippen molar-refractivity contribution in [2.75, 3.05) is 6.54 Å². The number of nitrogens with two attached hydrogens (primary N) is 1. The first kappa shape index (κ1) is 13.3. The summed E-state index contributed by atoms with van der Waals surface area (Å²) in [6.45, 7) is 7.33. The molecule has 0 radical (unpaired) electrons. The van der Waals surface area contributed by atoms with E-state index in [9.17, 15) is 0 Å².